The van der Waals surface area contributed by atoms with Crippen LogP contribution in [0.2, 0.25) is 0 Å². The highest BCUT2D eigenvalue weighted by Crippen LogP contribution is 2.41. The first kappa shape index (κ1) is 29.0. The van der Waals surface area contributed by atoms with Gasteiger partial charge < -0.3 is 19.1 Å². The molecule has 1 unspecified atom stereocenters. The van der Waals surface area contributed by atoms with E-state index in [9.17, 15) is 9.59 Å². The van der Waals surface area contributed by atoms with Crippen LogP contribution in [0.5, 0.6) is 5.75 Å². The molecular weight excluding hydrogens is 518 g/mol. The van der Waals surface area contributed by atoms with Crippen LogP contribution in [0, 0.1) is 6.92 Å². The average Bonchev–Trinajstić information content (AvgIpc) is 3.64. The Bertz CT molecular complexity index is 1430. The summed E-state index contributed by atoms with van der Waals surface area (Å²) in [5.74, 6) is 0.515. The van der Waals surface area contributed by atoms with E-state index < -0.39 is 5.60 Å². The molecule has 3 heterocycles. The molecule has 3 aromatic rings. The van der Waals surface area contributed by atoms with Gasteiger partial charge in [0.25, 0.3) is 0 Å². The number of hydrogen-bond acceptors (Lipinski definition) is 7. The maximum absolute atomic E-state index is 13.1. The van der Waals surface area contributed by atoms with Crippen molar-refractivity contribution in [3.63, 3.8) is 0 Å². The predicted octanol–water partition coefficient (Wildman–Crippen LogP) is 6.86. The monoisotopic (exact) mass is 561 g/mol. The topological polar surface area (TPSA) is 73.2 Å². The number of nitrogens with zero attached hydrogens (tertiary/aromatic N) is 3. The number of benzene rings is 2. The van der Waals surface area contributed by atoms with Gasteiger partial charge in [-0.05, 0) is 95.3 Å². The van der Waals surface area contributed by atoms with Gasteiger partial charge in [-0.15, -0.1) is 0 Å². The second-order valence-electron chi connectivity index (χ2n) is 12.2. The number of carbonyl (C=O) groups excluding carboxylic acids is 2. The third-order valence-electron chi connectivity index (χ3n) is 8.27. The minimum absolute atomic E-state index is 0.194. The molecule has 0 amide bonds. The van der Waals surface area contributed by atoms with Crippen LogP contribution in [0.4, 0.5) is 10.5 Å². The van der Waals surface area contributed by atoms with Gasteiger partial charge in [0.15, 0.2) is 0 Å². The lowest BCUT2D eigenvalue weighted by molar-refractivity contribution is 0.0542. The zero-order chi connectivity index (χ0) is 29.3. The minimum Gasteiger partial charge on any atom is -0.496 e. The molecule has 0 saturated carbocycles. The van der Waals surface area contributed by atoms with Gasteiger partial charge in [-0.1, -0.05) is 12.5 Å². The van der Waals surface area contributed by atoms with Crippen molar-refractivity contribution in [3.05, 3.63) is 58.8 Å². The van der Waals surface area contributed by atoms with E-state index >= 15 is 0 Å². The van der Waals surface area contributed by atoms with Crippen molar-refractivity contribution in [2.24, 2.45) is 0 Å². The highest BCUT2D eigenvalue weighted by molar-refractivity contribution is 5.95. The summed E-state index contributed by atoms with van der Waals surface area (Å²) in [5, 5.41) is 0.998. The molecule has 2 fully saturated rings. The highest BCUT2D eigenvalue weighted by Gasteiger charge is 2.31. The largest absolute Gasteiger partial charge is 0.496 e. The molecule has 1 aromatic heterocycles. The molecule has 220 valence electrons. The van der Waals surface area contributed by atoms with Crippen molar-refractivity contribution in [2.45, 2.75) is 78.0 Å². The molecule has 0 bridgehead atoms. The number of anilines is 1. The summed E-state index contributed by atoms with van der Waals surface area (Å²) in [4.78, 5) is 30.5. The van der Waals surface area contributed by atoms with Crippen LogP contribution >= 0.6 is 0 Å². The van der Waals surface area contributed by atoms with E-state index in [1.807, 2.05) is 52.0 Å². The maximum atomic E-state index is 13.1. The molecule has 0 N–H and O–H groups in total. The van der Waals surface area contributed by atoms with Gasteiger partial charge in [0.1, 0.15) is 11.4 Å². The van der Waals surface area contributed by atoms with Gasteiger partial charge in [0, 0.05) is 48.5 Å². The molecule has 41 heavy (non-hydrogen) atoms. The fourth-order valence-corrected chi connectivity index (χ4v) is 6.41. The summed E-state index contributed by atoms with van der Waals surface area (Å²) >= 11 is 0. The molecule has 5 rings (SSSR count). The SMILES string of the molecule is COC(=O)c1ccc(C2CCCCN2Cc2c(OC)cc(C)c3c2ccn3C(=O)OC(C)(C)C)c(N2CCCC2)c1. The van der Waals surface area contributed by atoms with Crippen molar-refractivity contribution < 1.29 is 23.8 Å². The van der Waals surface area contributed by atoms with E-state index in [0.29, 0.717) is 12.1 Å². The van der Waals surface area contributed by atoms with Gasteiger partial charge in [-0.3, -0.25) is 9.47 Å². The fraction of sp³-hybridized carbons (Fsp3) is 0.515. The summed E-state index contributed by atoms with van der Waals surface area (Å²) in [7, 11) is 3.14. The number of methoxy groups -OCH3 is 2. The summed E-state index contributed by atoms with van der Waals surface area (Å²) in [5.41, 5.74) is 5.27. The lowest BCUT2D eigenvalue weighted by atomic mass is 9.91. The van der Waals surface area contributed by atoms with Crippen LogP contribution in [-0.2, 0) is 16.0 Å². The molecule has 0 radical (unpaired) electrons. The Morgan fingerprint density at radius 3 is 2.39 bits per heavy atom. The smallest absolute Gasteiger partial charge is 0.419 e. The third kappa shape index (κ3) is 5.94. The number of aromatic nitrogens is 1. The van der Waals surface area contributed by atoms with E-state index in [1.54, 1.807) is 17.9 Å². The van der Waals surface area contributed by atoms with Crippen molar-refractivity contribution in [1.82, 2.24) is 9.47 Å². The van der Waals surface area contributed by atoms with Crippen LogP contribution < -0.4 is 9.64 Å². The first-order chi connectivity index (χ1) is 19.6. The van der Waals surface area contributed by atoms with Crippen molar-refractivity contribution in [1.29, 1.82) is 0 Å². The lowest BCUT2D eigenvalue weighted by Gasteiger charge is -2.38. The van der Waals surface area contributed by atoms with Crippen LogP contribution in [-0.4, -0.2) is 61.0 Å². The van der Waals surface area contributed by atoms with E-state index in [2.05, 4.69) is 15.9 Å². The molecule has 2 aromatic carbocycles. The Morgan fingerprint density at radius 1 is 0.976 bits per heavy atom. The standard InChI is InChI=1S/C33H43N3O5/c1-22-19-29(39-5)26(24-14-18-36(30(22)24)32(38)41-33(2,3)4)21-35-17-8-7-11-27(35)25-13-12-23(31(37)40-6)20-28(25)34-15-9-10-16-34/h12-14,18-20,27H,7-11,15-17,21H2,1-6H3. The summed E-state index contributed by atoms with van der Waals surface area (Å²) in [6.07, 6.45) is 7.03. The number of carbonyl (C=O) groups is 2. The number of piperidine rings is 1. The van der Waals surface area contributed by atoms with E-state index in [0.717, 1.165) is 85.2 Å². The van der Waals surface area contributed by atoms with Crippen LogP contribution in [0.3, 0.4) is 0 Å². The fourth-order valence-electron chi connectivity index (χ4n) is 6.41. The number of esters is 1. The number of rotatable bonds is 6. The number of likely N-dealkylation sites (tertiary alicyclic amines) is 1. The molecule has 0 aliphatic carbocycles. The molecule has 2 aliphatic rings. The van der Waals surface area contributed by atoms with E-state index in [-0.39, 0.29) is 18.1 Å². The number of aryl methyl sites for hydroxylation is 1. The van der Waals surface area contributed by atoms with Gasteiger partial charge in [-0.2, -0.15) is 0 Å². The van der Waals surface area contributed by atoms with Crippen molar-refractivity contribution in [2.75, 3.05) is 38.8 Å². The van der Waals surface area contributed by atoms with Gasteiger partial charge in [-0.25, -0.2) is 9.59 Å². The lowest BCUT2D eigenvalue weighted by Crippen LogP contribution is -2.34. The molecule has 8 heteroatoms. The second kappa shape index (κ2) is 11.8. The Hall–Kier alpha value is -3.52. The summed E-state index contributed by atoms with van der Waals surface area (Å²) < 4.78 is 18.3. The predicted molar refractivity (Wildman–Crippen MR) is 161 cm³/mol. The van der Waals surface area contributed by atoms with Crippen molar-refractivity contribution in [3.8, 4) is 5.75 Å². The Morgan fingerprint density at radius 2 is 1.71 bits per heavy atom. The molecular formula is C33H43N3O5. The zero-order valence-electron chi connectivity index (χ0n) is 25.3. The van der Waals surface area contributed by atoms with E-state index in [4.69, 9.17) is 14.2 Å². The second-order valence-corrected chi connectivity index (χ2v) is 12.2. The average molecular weight is 562 g/mol. The summed E-state index contributed by atoms with van der Waals surface area (Å²) in [6.45, 7) is 11.3. The van der Waals surface area contributed by atoms with Gasteiger partial charge in [0.2, 0.25) is 0 Å². The van der Waals surface area contributed by atoms with Crippen LogP contribution in [0.15, 0.2) is 36.5 Å². The number of hydrogen-bond donors (Lipinski definition) is 0. The molecule has 1 atom stereocenters. The summed E-state index contributed by atoms with van der Waals surface area (Å²) in [6, 6.07) is 10.3. The first-order valence-corrected chi connectivity index (χ1v) is 14.7. The first-order valence-electron chi connectivity index (χ1n) is 14.7. The van der Waals surface area contributed by atoms with Gasteiger partial charge in [0.05, 0.1) is 25.3 Å². The molecule has 8 nitrogen and oxygen atoms in total. The number of ether oxygens (including phenoxy) is 3. The van der Waals surface area contributed by atoms with Gasteiger partial charge >= 0.3 is 12.1 Å². The normalized spacial score (nSPS) is 18.1. The molecule has 2 aliphatic heterocycles. The van der Waals surface area contributed by atoms with E-state index in [1.165, 1.54) is 12.7 Å². The molecule has 2 saturated heterocycles. The quantitative estimate of drug-likeness (QED) is 0.305. The maximum Gasteiger partial charge on any atom is 0.419 e. The third-order valence-corrected chi connectivity index (χ3v) is 8.27. The van der Waals surface area contributed by atoms with Crippen molar-refractivity contribution >= 4 is 28.7 Å². The van der Waals surface area contributed by atoms with Crippen LogP contribution in [0.25, 0.3) is 10.9 Å². The number of fused-ring (bicyclic) bond motifs is 1. The Labute approximate surface area is 243 Å². The Balaban J connectivity index is 1.55. The van der Waals surface area contributed by atoms with Crippen LogP contribution in [0.1, 0.15) is 86.0 Å². The highest BCUT2D eigenvalue weighted by atomic mass is 16.6. The minimum atomic E-state index is -0.589. The molecule has 0 spiro atoms. The Kier molecular flexibility index (Phi) is 8.32. The zero-order valence-corrected chi connectivity index (χ0v) is 25.3.